The number of hydrogen-bond acceptors (Lipinski definition) is 5. The van der Waals surface area contributed by atoms with Crippen LogP contribution in [0.5, 0.6) is 11.5 Å². The van der Waals surface area contributed by atoms with Gasteiger partial charge in [-0.15, -0.1) is 0 Å². The van der Waals surface area contributed by atoms with Gasteiger partial charge in [0.25, 0.3) is 0 Å². The lowest BCUT2D eigenvalue weighted by Gasteiger charge is -2.37. The highest BCUT2D eigenvalue weighted by Gasteiger charge is 2.21. The third kappa shape index (κ3) is 5.89. The van der Waals surface area contributed by atoms with Gasteiger partial charge in [-0.25, -0.2) is 0 Å². The molecule has 1 atom stereocenters. The van der Waals surface area contributed by atoms with Gasteiger partial charge in [-0.1, -0.05) is 6.92 Å². The minimum absolute atomic E-state index is 0.462. The number of aliphatic imine (C=N–C) groups is 1. The molecular weight excluding hydrogens is 380 g/mol. The van der Waals surface area contributed by atoms with Gasteiger partial charge in [-0.2, -0.15) is 5.10 Å². The number of ether oxygens (including phenoxy) is 2. The van der Waals surface area contributed by atoms with E-state index in [1.807, 2.05) is 42.3 Å². The molecule has 1 aromatic heterocycles. The summed E-state index contributed by atoms with van der Waals surface area (Å²) >= 11 is 0. The Morgan fingerprint density at radius 2 is 2.00 bits per heavy atom. The first kappa shape index (κ1) is 22.0. The number of aromatic nitrogens is 2. The summed E-state index contributed by atoms with van der Waals surface area (Å²) in [5, 5.41) is 7.81. The molecule has 2 aromatic rings. The third-order valence-corrected chi connectivity index (χ3v) is 5.43. The zero-order chi connectivity index (χ0) is 21.3. The van der Waals surface area contributed by atoms with E-state index in [1.54, 1.807) is 14.2 Å². The number of benzene rings is 1. The smallest absolute Gasteiger partial charge is 0.193 e. The number of nitrogens with one attached hydrogen (secondary N) is 1. The molecule has 2 heterocycles. The Bertz CT molecular complexity index is 800. The molecule has 1 fully saturated rings. The topological polar surface area (TPSA) is 67.2 Å². The molecule has 1 aromatic carbocycles. The molecule has 0 aliphatic carbocycles. The average Bonchev–Trinajstić information content (AvgIpc) is 3.28. The Balaban J connectivity index is 1.48. The third-order valence-electron chi connectivity index (χ3n) is 5.43. The van der Waals surface area contributed by atoms with Gasteiger partial charge in [0, 0.05) is 70.8 Å². The van der Waals surface area contributed by atoms with Gasteiger partial charge >= 0.3 is 0 Å². The first-order valence-corrected chi connectivity index (χ1v) is 10.5. The van der Waals surface area contributed by atoms with E-state index in [4.69, 9.17) is 9.47 Å². The molecule has 0 spiro atoms. The summed E-state index contributed by atoms with van der Waals surface area (Å²) in [6.45, 7) is 8.68. The van der Waals surface area contributed by atoms with Crippen LogP contribution in [0.25, 0.3) is 0 Å². The van der Waals surface area contributed by atoms with E-state index >= 15 is 0 Å². The van der Waals surface area contributed by atoms with Crippen molar-refractivity contribution in [1.29, 1.82) is 0 Å². The van der Waals surface area contributed by atoms with E-state index in [0.29, 0.717) is 5.92 Å². The first-order chi connectivity index (χ1) is 14.6. The van der Waals surface area contributed by atoms with Crippen LogP contribution in [-0.2, 0) is 13.1 Å². The summed E-state index contributed by atoms with van der Waals surface area (Å²) in [6, 6.07) is 7.93. The molecule has 3 rings (SSSR count). The highest BCUT2D eigenvalue weighted by Crippen LogP contribution is 2.25. The Kier molecular flexibility index (Phi) is 7.96. The van der Waals surface area contributed by atoms with E-state index < -0.39 is 0 Å². The van der Waals surface area contributed by atoms with Crippen molar-refractivity contribution in [3.63, 3.8) is 0 Å². The first-order valence-electron chi connectivity index (χ1n) is 10.5. The van der Waals surface area contributed by atoms with E-state index in [0.717, 1.165) is 68.8 Å². The fourth-order valence-corrected chi connectivity index (χ4v) is 3.75. The number of rotatable bonds is 8. The fourth-order valence-electron chi connectivity index (χ4n) is 3.75. The maximum absolute atomic E-state index is 5.53. The lowest BCUT2D eigenvalue weighted by atomic mass is 10.1. The number of hydrogen-bond donors (Lipinski definition) is 1. The van der Waals surface area contributed by atoms with E-state index in [-0.39, 0.29) is 0 Å². The number of nitrogens with zero attached hydrogens (tertiary/aromatic N) is 5. The van der Waals surface area contributed by atoms with Crippen molar-refractivity contribution < 1.29 is 9.47 Å². The predicted octanol–water partition coefficient (Wildman–Crippen LogP) is 1.93. The molecule has 0 saturated carbocycles. The van der Waals surface area contributed by atoms with Crippen LogP contribution in [0.3, 0.4) is 0 Å². The molecule has 1 aliphatic heterocycles. The molecule has 1 saturated heterocycles. The zero-order valence-corrected chi connectivity index (χ0v) is 18.5. The zero-order valence-electron chi connectivity index (χ0n) is 18.5. The fraction of sp³-hybridized carbons (Fsp3) is 0.545. The molecule has 1 aliphatic rings. The highest BCUT2D eigenvalue weighted by atomic mass is 16.5. The number of methoxy groups -OCH3 is 2. The van der Waals surface area contributed by atoms with Crippen LogP contribution in [-0.4, -0.2) is 79.5 Å². The van der Waals surface area contributed by atoms with Crippen molar-refractivity contribution in [2.24, 2.45) is 10.9 Å². The lowest BCUT2D eigenvalue weighted by molar-refractivity contribution is 0.170. The van der Waals surface area contributed by atoms with Crippen molar-refractivity contribution in [1.82, 2.24) is 24.9 Å². The minimum atomic E-state index is 0.462. The van der Waals surface area contributed by atoms with Crippen LogP contribution >= 0.6 is 0 Å². The molecule has 30 heavy (non-hydrogen) atoms. The normalized spacial score (nSPS) is 16.4. The van der Waals surface area contributed by atoms with Crippen LogP contribution in [0.15, 0.2) is 41.7 Å². The van der Waals surface area contributed by atoms with Gasteiger partial charge < -0.3 is 19.7 Å². The van der Waals surface area contributed by atoms with Gasteiger partial charge in [0.15, 0.2) is 5.96 Å². The molecule has 8 nitrogen and oxygen atoms in total. The van der Waals surface area contributed by atoms with Gasteiger partial charge in [0.05, 0.1) is 14.2 Å². The van der Waals surface area contributed by atoms with Gasteiger partial charge in [0.1, 0.15) is 11.5 Å². The monoisotopic (exact) mass is 414 g/mol. The molecular formula is C22H34N6O2. The van der Waals surface area contributed by atoms with E-state index in [1.165, 1.54) is 0 Å². The quantitative estimate of drug-likeness (QED) is 0.526. The second kappa shape index (κ2) is 10.9. The molecule has 0 bridgehead atoms. The van der Waals surface area contributed by atoms with Crippen molar-refractivity contribution in [2.75, 3.05) is 54.0 Å². The summed E-state index contributed by atoms with van der Waals surface area (Å²) in [5.41, 5.74) is 1.15. The van der Waals surface area contributed by atoms with Gasteiger partial charge in [0.2, 0.25) is 0 Å². The van der Waals surface area contributed by atoms with Crippen LogP contribution in [0, 0.1) is 5.92 Å². The average molecular weight is 415 g/mol. The summed E-state index contributed by atoms with van der Waals surface area (Å²) in [4.78, 5) is 9.27. The van der Waals surface area contributed by atoms with E-state index in [9.17, 15) is 0 Å². The van der Waals surface area contributed by atoms with Crippen molar-refractivity contribution in [3.8, 4) is 11.5 Å². The SMILES string of the molecule is CN=C(NCC(C)Cn1cccn1)N1CCN(Cc2cc(OC)ccc2OC)CC1. The van der Waals surface area contributed by atoms with Gasteiger partial charge in [-0.3, -0.25) is 14.6 Å². The number of guanidine groups is 1. The number of piperazine rings is 1. The lowest BCUT2D eigenvalue weighted by Crippen LogP contribution is -2.52. The highest BCUT2D eigenvalue weighted by molar-refractivity contribution is 5.80. The predicted molar refractivity (Wildman–Crippen MR) is 119 cm³/mol. The summed E-state index contributed by atoms with van der Waals surface area (Å²) in [7, 11) is 5.26. The van der Waals surface area contributed by atoms with E-state index in [2.05, 4.69) is 38.2 Å². The Morgan fingerprint density at radius 3 is 2.63 bits per heavy atom. The molecule has 1 N–H and O–H groups in total. The van der Waals surface area contributed by atoms with Crippen LogP contribution in [0.1, 0.15) is 12.5 Å². The summed E-state index contributed by atoms with van der Waals surface area (Å²) in [5.74, 6) is 3.20. The molecule has 0 radical (unpaired) electrons. The van der Waals surface area contributed by atoms with Crippen LogP contribution in [0.4, 0.5) is 0 Å². The van der Waals surface area contributed by atoms with Crippen LogP contribution < -0.4 is 14.8 Å². The maximum atomic E-state index is 5.53. The second-order valence-electron chi connectivity index (χ2n) is 7.70. The largest absolute Gasteiger partial charge is 0.497 e. The Labute approximate surface area is 179 Å². The van der Waals surface area contributed by atoms with Crippen LogP contribution in [0.2, 0.25) is 0 Å². The Morgan fingerprint density at radius 1 is 1.20 bits per heavy atom. The molecule has 164 valence electrons. The summed E-state index contributed by atoms with van der Waals surface area (Å²) in [6.07, 6.45) is 3.82. The minimum Gasteiger partial charge on any atom is -0.497 e. The van der Waals surface area contributed by atoms with Crippen molar-refractivity contribution >= 4 is 5.96 Å². The standard InChI is InChI=1S/C22H34N6O2/c1-18(16-28-9-5-8-25-28)15-24-22(23-2)27-12-10-26(11-13-27)17-19-14-20(29-3)6-7-21(19)30-4/h5-9,14,18H,10-13,15-17H2,1-4H3,(H,23,24). The summed E-state index contributed by atoms with van der Waals surface area (Å²) < 4.78 is 12.9. The Hall–Kier alpha value is -2.74. The molecule has 1 unspecified atom stereocenters. The maximum Gasteiger partial charge on any atom is 0.193 e. The molecule has 8 heteroatoms. The second-order valence-corrected chi connectivity index (χ2v) is 7.70. The molecule has 0 amide bonds. The van der Waals surface area contributed by atoms with Gasteiger partial charge in [-0.05, 0) is 30.2 Å². The van der Waals surface area contributed by atoms with Crippen molar-refractivity contribution in [3.05, 3.63) is 42.2 Å². The van der Waals surface area contributed by atoms with Crippen molar-refractivity contribution in [2.45, 2.75) is 20.0 Å².